The molecule has 1 N–H and O–H groups in total. The van der Waals surface area contributed by atoms with E-state index < -0.39 is 5.25 Å². The third-order valence-electron chi connectivity index (χ3n) is 4.86. The van der Waals surface area contributed by atoms with Gasteiger partial charge in [0.25, 0.3) is 5.22 Å². The number of nitrogens with zero attached hydrogens (tertiary/aromatic N) is 3. The van der Waals surface area contributed by atoms with Crippen LogP contribution in [-0.2, 0) is 4.79 Å². The topological polar surface area (TPSA) is 88.3 Å². The first kappa shape index (κ1) is 22.6. The van der Waals surface area contributed by atoms with E-state index in [1.54, 1.807) is 31.2 Å². The van der Waals surface area contributed by atoms with Gasteiger partial charge >= 0.3 is 0 Å². The molecule has 7 nitrogen and oxygen atoms in total. The Bertz CT molecular complexity index is 1030. The summed E-state index contributed by atoms with van der Waals surface area (Å²) in [5.74, 6) is 0.210. The summed E-state index contributed by atoms with van der Waals surface area (Å²) in [5, 5.41) is 10.9. The molecule has 0 fully saturated rings. The number of anilines is 2. The van der Waals surface area contributed by atoms with Gasteiger partial charge in [-0.2, -0.15) is 0 Å². The van der Waals surface area contributed by atoms with Crippen molar-refractivity contribution in [3.8, 4) is 11.5 Å². The second kappa shape index (κ2) is 10.3. The standard InChI is InChI=1S/C23H26N4O3S/c1-5-27(6-2)20-13-9-18(10-14-20)22-25-26-23(30-22)31-16(4)21(29)24-19-11-7-17(8-12-19)15(3)28/h7-14,16H,5-6H2,1-4H3,(H,24,29)/t16-/m1/s1. The van der Waals surface area contributed by atoms with Crippen LogP contribution in [0, 0.1) is 0 Å². The minimum Gasteiger partial charge on any atom is -0.411 e. The van der Waals surface area contributed by atoms with Crippen molar-refractivity contribution in [2.24, 2.45) is 0 Å². The van der Waals surface area contributed by atoms with Crippen LogP contribution < -0.4 is 10.2 Å². The SMILES string of the molecule is CCN(CC)c1ccc(-c2nnc(S[C@H](C)C(=O)Nc3ccc(C(C)=O)cc3)o2)cc1. The number of carbonyl (C=O) groups is 2. The van der Waals surface area contributed by atoms with E-state index in [-0.39, 0.29) is 11.7 Å². The lowest BCUT2D eigenvalue weighted by molar-refractivity contribution is -0.115. The van der Waals surface area contributed by atoms with Crippen LogP contribution in [0.25, 0.3) is 11.5 Å². The van der Waals surface area contributed by atoms with Gasteiger partial charge in [0, 0.05) is 35.6 Å². The van der Waals surface area contributed by atoms with Gasteiger partial charge in [-0.25, -0.2) is 0 Å². The Morgan fingerprint density at radius 3 is 2.26 bits per heavy atom. The van der Waals surface area contributed by atoms with E-state index in [2.05, 4.69) is 34.3 Å². The summed E-state index contributed by atoms with van der Waals surface area (Å²) in [4.78, 5) is 26.1. The van der Waals surface area contributed by atoms with E-state index in [1.165, 1.54) is 18.7 Å². The second-order valence-corrected chi connectivity index (χ2v) is 8.27. The van der Waals surface area contributed by atoms with Crippen LogP contribution in [0.2, 0.25) is 0 Å². The minimum absolute atomic E-state index is 0.0170. The summed E-state index contributed by atoms with van der Waals surface area (Å²) in [6.07, 6.45) is 0. The molecule has 0 spiro atoms. The van der Waals surface area contributed by atoms with Crippen LogP contribution in [0.15, 0.2) is 58.2 Å². The van der Waals surface area contributed by atoms with Crippen LogP contribution in [0.5, 0.6) is 0 Å². The van der Waals surface area contributed by atoms with E-state index in [9.17, 15) is 9.59 Å². The second-order valence-electron chi connectivity index (χ2n) is 6.98. The van der Waals surface area contributed by atoms with Crippen molar-refractivity contribution >= 4 is 34.8 Å². The molecule has 0 radical (unpaired) electrons. The molecule has 3 rings (SSSR count). The van der Waals surface area contributed by atoms with Gasteiger partial charge in [-0.1, -0.05) is 11.8 Å². The highest BCUT2D eigenvalue weighted by Gasteiger charge is 2.19. The van der Waals surface area contributed by atoms with Crippen molar-refractivity contribution in [1.82, 2.24) is 10.2 Å². The molecule has 1 amide bonds. The van der Waals surface area contributed by atoms with Crippen LogP contribution >= 0.6 is 11.8 Å². The Kier molecular flexibility index (Phi) is 7.46. The average Bonchev–Trinajstić information content (AvgIpc) is 3.24. The summed E-state index contributed by atoms with van der Waals surface area (Å²) < 4.78 is 5.75. The van der Waals surface area contributed by atoms with Crippen molar-refractivity contribution in [1.29, 1.82) is 0 Å². The quantitative estimate of drug-likeness (QED) is 0.375. The monoisotopic (exact) mass is 438 g/mol. The summed E-state index contributed by atoms with van der Waals surface area (Å²) in [6.45, 7) is 9.40. The number of hydrogen-bond acceptors (Lipinski definition) is 7. The molecular formula is C23H26N4O3S. The average molecular weight is 439 g/mol. The normalized spacial score (nSPS) is 11.7. The molecule has 0 aliphatic carbocycles. The zero-order chi connectivity index (χ0) is 22.4. The molecule has 0 unspecified atom stereocenters. The van der Waals surface area contributed by atoms with Crippen LogP contribution in [-0.4, -0.2) is 40.2 Å². The maximum absolute atomic E-state index is 12.5. The fraction of sp³-hybridized carbons (Fsp3) is 0.304. The summed E-state index contributed by atoms with van der Waals surface area (Å²) in [6, 6.07) is 14.8. The largest absolute Gasteiger partial charge is 0.411 e. The van der Waals surface area contributed by atoms with Crippen molar-refractivity contribution < 1.29 is 14.0 Å². The molecule has 2 aromatic carbocycles. The van der Waals surface area contributed by atoms with Gasteiger partial charge in [0.1, 0.15) is 0 Å². The smallest absolute Gasteiger partial charge is 0.277 e. The summed E-state index contributed by atoms with van der Waals surface area (Å²) in [7, 11) is 0. The first-order valence-electron chi connectivity index (χ1n) is 10.2. The van der Waals surface area contributed by atoms with Crippen molar-refractivity contribution in [2.45, 2.75) is 38.2 Å². The Hall–Kier alpha value is -3.13. The van der Waals surface area contributed by atoms with Gasteiger partial charge in [-0.05, 0) is 76.2 Å². The van der Waals surface area contributed by atoms with Gasteiger partial charge in [0.15, 0.2) is 5.78 Å². The van der Waals surface area contributed by atoms with Gasteiger partial charge in [0.2, 0.25) is 11.8 Å². The molecule has 1 aromatic heterocycles. The van der Waals surface area contributed by atoms with E-state index in [1.807, 2.05) is 24.3 Å². The van der Waals surface area contributed by atoms with Crippen LogP contribution in [0.1, 0.15) is 38.1 Å². The number of nitrogens with one attached hydrogen (secondary N) is 1. The number of Topliss-reactive ketones (excluding diaryl/α,β-unsaturated/α-hetero) is 1. The molecule has 0 bridgehead atoms. The Morgan fingerprint density at radius 2 is 1.68 bits per heavy atom. The lowest BCUT2D eigenvalue weighted by atomic mass is 10.1. The van der Waals surface area contributed by atoms with Gasteiger partial charge < -0.3 is 14.6 Å². The highest BCUT2D eigenvalue weighted by Crippen LogP contribution is 2.28. The molecule has 31 heavy (non-hydrogen) atoms. The first-order chi connectivity index (χ1) is 14.9. The number of hydrogen-bond donors (Lipinski definition) is 1. The van der Waals surface area contributed by atoms with Gasteiger partial charge in [-0.3, -0.25) is 9.59 Å². The van der Waals surface area contributed by atoms with E-state index in [0.717, 1.165) is 24.3 Å². The molecule has 162 valence electrons. The first-order valence-corrected chi connectivity index (χ1v) is 11.1. The fourth-order valence-electron chi connectivity index (χ4n) is 3.01. The number of amides is 1. The van der Waals surface area contributed by atoms with Crippen LogP contribution in [0.4, 0.5) is 11.4 Å². The predicted octanol–water partition coefficient (Wildman–Crippen LogP) is 4.90. The molecule has 0 aliphatic heterocycles. The van der Waals surface area contributed by atoms with Crippen molar-refractivity contribution in [2.75, 3.05) is 23.3 Å². The Balaban J connectivity index is 1.60. The number of rotatable bonds is 9. The summed E-state index contributed by atoms with van der Waals surface area (Å²) in [5.41, 5.74) is 3.20. The predicted molar refractivity (Wildman–Crippen MR) is 124 cm³/mol. The summed E-state index contributed by atoms with van der Waals surface area (Å²) >= 11 is 1.20. The Labute approximate surface area is 186 Å². The molecule has 8 heteroatoms. The number of carbonyl (C=O) groups excluding carboxylic acids is 2. The van der Waals surface area contributed by atoms with E-state index >= 15 is 0 Å². The number of thioether (sulfide) groups is 1. The number of aromatic nitrogens is 2. The third-order valence-corrected chi connectivity index (χ3v) is 5.79. The molecule has 0 aliphatic rings. The molecule has 0 saturated carbocycles. The van der Waals surface area contributed by atoms with E-state index in [4.69, 9.17) is 4.42 Å². The zero-order valence-electron chi connectivity index (χ0n) is 18.1. The molecule has 1 heterocycles. The van der Waals surface area contributed by atoms with Crippen LogP contribution in [0.3, 0.4) is 0 Å². The highest BCUT2D eigenvalue weighted by atomic mass is 32.2. The lowest BCUT2D eigenvalue weighted by Crippen LogP contribution is -2.22. The van der Waals surface area contributed by atoms with Gasteiger partial charge in [0.05, 0.1) is 5.25 Å². The maximum Gasteiger partial charge on any atom is 0.277 e. The highest BCUT2D eigenvalue weighted by molar-refractivity contribution is 8.00. The third kappa shape index (κ3) is 5.73. The van der Waals surface area contributed by atoms with Gasteiger partial charge in [-0.15, -0.1) is 10.2 Å². The maximum atomic E-state index is 12.5. The number of ketones is 1. The van der Waals surface area contributed by atoms with E-state index in [0.29, 0.717) is 22.4 Å². The molecular weight excluding hydrogens is 412 g/mol. The number of benzene rings is 2. The molecule has 0 saturated heterocycles. The molecule has 1 atom stereocenters. The fourth-order valence-corrected chi connectivity index (χ4v) is 3.70. The van der Waals surface area contributed by atoms with Crippen molar-refractivity contribution in [3.05, 3.63) is 54.1 Å². The van der Waals surface area contributed by atoms with Crippen molar-refractivity contribution in [3.63, 3.8) is 0 Å². The zero-order valence-corrected chi connectivity index (χ0v) is 18.9. The lowest BCUT2D eigenvalue weighted by Gasteiger charge is -2.20. The molecule has 3 aromatic rings. The Morgan fingerprint density at radius 1 is 1.03 bits per heavy atom. The minimum atomic E-state index is -0.439.